The summed E-state index contributed by atoms with van der Waals surface area (Å²) in [5, 5.41) is 12.5. The van der Waals surface area contributed by atoms with E-state index in [0.29, 0.717) is 6.54 Å². The summed E-state index contributed by atoms with van der Waals surface area (Å²) < 4.78 is 0.717. The molecule has 6 nitrogen and oxygen atoms in total. The molecule has 0 unspecified atom stereocenters. The highest BCUT2D eigenvalue weighted by atomic mass is 32.2. The predicted octanol–water partition coefficient (Wildman–Crippen LogP) is 2.35. The van der Waals surface area contributed by atoms with Crippen LogP contribution in [0.15, 0.2) is 21.5 Å². The molecule has 0 aliphatic heterocycles. The van der Waals surface area contributed by atoms with Crippen molar-refractivity contribution in [3.05, 3.63) is 17.2 Å². The van der Waals surface area contributed by atoms with Crippen LogP contribution in [-0.2, 0) is 4.79 Å². The summed E-state index contributed by atoms with van der Waals surface area (Å²) in [5.74, 6) is -0.169. The van der Waals surface area contributed by atoms with Crippen molar-refractivity contribution >= 4 is 35.0 Å². The maximum Gasteiger partial charge on any atom is 0.321 e. The minimum Gasteiger partial charge on any atom is -0.337 e. The van der Waals surface area contributed by atoms with Crippen molar-refractivity contribution in [3.8, 4) is 0 Å². The number of thioether (sulfide) groups is 1. The first-order chi connectivity index (χ1) is 10.2. The Labute approximate surface area is 131 Å². The zero-order chi connectivity index (χ0) is 14.9. The van der Waals surface area contributed by atoms with E-state index >= 15 is 0 Å². The van der Waals surface area contributed by atoms with Crippen LogP contribution in [0.3, 0.4) is 0 Å². The Hall–Kier alpha value is -1.41. The second kappa shape index (κ2) is 8.78. The smallest absolute Gasteiger partial charge is 0.321 e. The average Bonchev–Trinajstić information content (AvgIpc) is 2.99. The van der Waals surface area contributed by atoms with Gasteiger partial charge in [0, 0.05) is 6.54 Å². The lowest BCUT2D eigenvalue weighted by molar-refractivity contribution is -0.117. The van der Waals surface area contributed by atoms with Gasteiger partial charge in [0.05, 0.1) is 5.75 Å². The zero-order valence-electron chi connectivity index (χ0n) is 11.6. The van der Waals surface area contributed by atoms with Crippen molar-refractivity contribution in [2.75, 3.05) is 12.3 Å². The maximum atomic E-state index is 11.6. The minimum atomic E-state index is -0.436. The van der Waals surface area contributed by atoms with Crippen LogP contribution in [-0.4, -0.2) is 34.4 Å². The summed E-state index contributed by atoms with van der Waals surface area (Å²) in [6, 6.07) is -0.436. The van der Waals surface area contributed by atoms with Gasteiger partial charge < -0.3 is 5.32 Å². The molecule has 1 aromatic heterocycles. The standard InChI is InChI=1S/C13H18N4O2S2/c18-11(8-20-13-17-15-9-21-13)16-12(19)14-7-6-10-4-2-1-3-5-10/h4,9H,1-3,5-8H2,(H2,14,16,18,19). The van der Waals surface area contributed by atoms with Crippen LogP contribution in [0.25, 0.3) is 0 Å². The van der Waals surface area contributed by atoms with Gasteiger partial charge in [-0.15, -0.1) is 10.2 Å². The Balaban J connectivity index is 1.58. The molecule has 0 bridgehead atoms. The predicted molar refractivity (Wildman–Crippen MR) is 83.3 cm³/mol. The number of carbonyl (C=O) groups is 2. The van der Waals surface area contributed by atoms with Gasteiger partial charge in [-0.05, 0) is 32.1 Å². The molecule has 114 valence electrons. The van der Waals surface area contributed by atoms with E-state index in [1.807, 2.05) is 0 Å². The first kappa shape index (κ1) is 16.0. The van der Waals surface area contributed by atoms with Crippen LogP contribution in [0.5, 0.6) is 0 Å². The van der Waals surface area contributed by atoms with Gasteiger partial charge in [0.25, 0.3) is 0 Å². The van der Waals surface area contributed by atoms with Crippen LogP contribution >= 0.6 is 23.1 Å². The summed E-state index contributed by atoms with van der Waals surface area (Å²) in [6.07, 6.45) is 7.88. The number of hydrogen-bond donors (Lipinski definition) is 2. The molecule has 2 N–H and O–H groups in total. The van der Waals surface area contributed by atoms with Crippen molar-refractivity contribution in [3.63, 3.8) is 0 Å². The lowest BCUT2D eigenvalue weighted by Gasteiger charge is -2.13. The molecule has 0 atom stereocenters. The Morgan fingerprint density at radius 1 is 1.38 bits per heavy atom. The molecular weight excluding hydrogens is 308 g/mol. The number of hydrogen-bond acceptors (Lipinski definition) is 6. The number of imide groups is 1. The summed E-state index contributed by atoms with van der Waals surface area (Å²) in [6.45, 7) is 0.564. The molecule has 0 saturated heterocycles. The Morgan fingerprint density at radius 3 is 3.00 bits per heavy atom. The maximum absolute atomic E-state index is 11.6. The molecule has 2 rings (SSSR count). The van der Waals surface area contributed by atoms with Gasteiger partial charge >= 0.3 is 6.03 Å². The van der Waals surface area contributed by atoms with Crippen molar-refractivity contribution in [2.24, 2.45) is 0 Å². The largest absolute Gasteiger partial charge is 0.337 e. The van der Waals surface area contributed by atoms with Gasteiger partial charge in [-0.25, -0.2) is 4.79 Å². The first-order valence-corrected chi connectivity index (χ1v) is 8.75. The molecule has 1 aromatic rings. The lowest BCUT2D eigenvalue weighted by Crippen LogP contribution is -2.40. The quantitative estimate of drug-likeness (QED) is 0.619. The second-order valence-electron chi connectivity index (χ2n) is 4.66. The highest BCUT2D eigenvalue weighted by Gasteiger charge is 2.09. The van der Waals surface area contributed by atoms with E-state index in [2.05, 4.69) is 26.9 Å². The Morgan fingerprint density at radius 2 is 2.29 bits per heavy atom. The van der Waals surface area contributed by atoms with E-state index in [9.17, 15) is 9.59 Å². The minimum absolute atomic E-state index is 0.160. The van der Waals surface area contributed by atoms with Crippen molar-refractivity contribution in [1.82, 2.24) is 20.8 Å². The number of nitrogens with one attached hydrogen (secondary N) is 2. The SMILES string of the molecule is O=C(CSc1nncs1)NC(=O)NCCC1=CCCCC1. The average molecular weight is 326 g/mol. The summed E-state index contributed by atoms with van der Waals surface area (Å²) in [5.41, 5.74) is 3.01. The van der Waals surface area contributed by atoms with Crippen LogP contribution in [0.4, 0.5) is 4.79 Å². The van der Waals surface area contributed by atoms with Crippen molar-refractivity contribution < 1.29 is 9.59 Å². The molecule has 0 aromatic carbocycles. The topological polar surface area (TPSA) is 84.0 Å². The molecule has 0 radical (unpaired) electrons. The number of carbonyl (C=O) groups excluding carboxylic acids is 2. The molecule has 0 saturated carbocycles. The summed E-state index contributed by atoms with van der Waals surface area (Å²) in [4.78, 5) is 23.1. The van der Waals surface area contributed by atoms with Gasteiger partial charge in [-0.1, -0.05) is 34.7 Å². The fourth-order valence-electron chi connectivity index (χ4n) is 2.03. The van der Waals surface area contributed by atoms with Crippen LogP contribution < -0.4 is 10.6 Å². The van der Waals surface area contributed by atoms with Gasteiger partial charge in [-0.3, -0.25) is 10.1 Å². The molecule has 0 fully saturated rings. The first-order valence-electron chi connectivity index (χ1n) is 6.88. The number of nitrogens with zero attached hydrogens (tertiary/aromatic N) is 2. The molecule has 1 aliphatic carbocycles. The van der Waals surface area contributed by atoms with Crippen molar-refractivity contribution in [2.45, 2.75) is 36.4 Å². The third-order valence-corrected chi connectivity index (χ3v) is 4.90. The second-order valence-corrected chi connectivity index (χ2v) is 6.71. The lowest BCUT2D eigenvalue weighted by atomic mass is 9.97. The van der Waals surface area contributed by atoms with E-state index in [0.717, 1.165) is 23.6 Å². The van der Waals surface area contributed by atoms with Crippen molar-refractivity contribution in [1.29, 1.82) is 0 Å². The van der Waals surface area contributed by atoms with Gasteiger partial charge in [0.15, 0.2) is 4.34 Å². The number of aromatic nitrogens is 2. The Kier molecular flexibility index (Phi) is 6.68. The molecule has 1 heterocycles. The molecule has 21 heavy (non-hydrogen) atoms. The van der Waals surface area contributed by atoms with E-state index in [-0.39, 0.29) is 11.7 Å². The van der Waals surface area contributed by atoms with E-state index < -0.39 is 6.03 Å². The third kappa shape index (κ3) is 6.26. The highest BCUT2D eigenvalue weighted by molar-refractivity contribution is 8.01. The normalized spacial score (nSPS) is 14.4. The number of amides is 3. The van der Waals surface area contributed by atoms with Crippen LogP contribution in [0.2, 0.25) is 0 Å². The summed E-state index contributed by atoms with van der Waals surface area (Å²) >= 11 is 2.63. The molecule has 3 amide bonds. The van der Waals surface area contributed by atoms with E-state index in [1.165, 1.54) is 41.5 Å². The highest BCUT2D eigenvalue weighted by Crippen LogP contribution is 2.19. The third-order valence-electron chi connectivity index (χ3n) is 3.04. The molecule has 8 heteroatoms. The van der Waals surface area contributed by atoms with Gasteiger partial charge in [-0.2, -0.15) is 0 Å². The van der Waals surface area contributed by atoms with Gasteiger partial charge in [0.1, 0.15) is 5.51 Å². The molecular formula is C13H18N4O2S2. The van der Waals surface area contributed by atoms with Crippen LogP contribution in [0, 0.1) is 0 Å². The van der Waals surface area contributed by atoms with E-state index in [1.54, 1.807) is 5.51 Å². The monoisotopic (exact) mass is 326 g/mol. The fraction of sp³-hybridized carbons (Fsp3) is 0.538. The number of urea groups is 1. The fourth-order valence-corrected chi connectivity index (χ4v) is 3.32. The number of rotatable bonds is 6. The Bertz CT molecular complexity index is 502. The summed E-state index contributed by atoms with van der Waals surface area (Å²) in [7, 11) is 0. The molecule has 1 aliphatic rings. The van der Waals surface area contributed by atoms with E-state index in [4.69, 9.17) is 0 Å². The van der Waals surface area contributed by atoms with Gasteiger partial charge in [0.2, 0.25) is 5.91 Å². The number of allylic oxidation sites excluding steroid dienone is 1. The van der Waals surface area contributed by atoms with Crippen LogP contribution in [0.1, 0.15) is 32.1 Å². The zero-order valence-corrected chi connectivity index (χ0v) is 13.3. The molecule has 0 spiro atoms.